The summed E-state index contributed by atoms with van der Waals surface area (Å²) < 4.78 is 5.51. The first-order valence-electron chi connectivity index (χ1n) is 8.24. The first-order valence-corrected chi connectivity index (χ1v) is 8.24. The predicted octanol–water partition coefficient (Wildman–Crippen LogP) is 4.12. The van der Waals surface area contributed by atoms with Crippen LogP contribution in [0.2, 0.25) is 0 Å². The van der Waals surface area contributed by atoms with Crippen molar-refractivity contribution in [2.75, 3.05) is 25.1 Å². The zero-order valence-corrected chi connectivity index (χ0v) is 14.0. The van der Waals surface area contributed by atoms with Gasteiger partial charge in [0, 0.05) is 30.4 Å². The number of methoxy groups -OCH3 is 1. The van der Waals surface area contributed by atoms with Gasteiger partial charge in [-0.2, -0.15) is 0 Å². The minimum atomic E-state index is -0.0137. The van der Waals surface area contributed by atoms with Crippen LogP contribution in [0.15, 0.2) is 18.2 Å². The van der Waals surface area contributed by atoms with Gasteiger partial charge < -0.3 is 15.4 Å². The summed E-state index contributed by atoms with van der Waals surface area (Å²) in [6.07, 6.45) is 5.12. The standard InChI is InChI=1S/C18H30N2O/c1-5-18(6-2)10-12-20(13-11-18)15-8-7-9-16(21-4)17(15)14(3)19/h7-9,14H,5-6,10-13,19H2,1-4H3/t14-/m0/s1. The number of nitrogens with zero attached hydrogens (tertiary/aromatic N) is 1. The smallest absolute Gasteiger partial charge is 0.125 e. The molecule has 0 amide bonds. The second kappa shape index (κ2) is 6.69. The van der Waals surface area contributed by atoms with Crippen molar-refractivity contribution in [3.8, 4) is 5.75 Å². The lowest BCUT2D eigenvalue weighted by molar-refractivity contribution is 0.199. The van der Waals surface area contributed by atoms with E-state index in [1.165, 1.54) is 31.4 Å². The van der Waals surface area contributed by atoms with Crippen LogP contribution in [0.25, 0.3) is 0 Å². The highest BCUT2D eigenvalue weighted by Crippen LogP contribution is 2.41. The van der Waals surface area contributed by atoms with Gasteiger partial charge in [-0.1, -0.05) is 32.8 Å². The number of anilines is 1. The molecule has 1 aliphatic heterocycles. The maximum Gasteiger partial charge on any atom is 0.125 e. The van der Waals surface area contributed by atoms with Crippen LogP contribution < -0.4 is 15.4 Å². The van der Waals surface area contributed by atoms with Crippen LogP contribution in [0.5, 0.6) is 5.75 Å². The number of nitrogens with two attached hydrogens (primary N) is 1. The van der Waals surface area contributed by atoms with Crippen LogP contribution in [-0.2, 0) is 0 Å². The fraction of sp³-hybridized carbons (Fsp3) is 0.667. The number of hydrogen-bond acceptors (Lipinski definition) is 3. The third kappa shape index (κ3) is 3.18. The monoisotopic (exact) mass is 290 g/mol. The van der Waals surface area contributed by atoms with E-state index >= 15 is 0 Å². The maximum absolute atomic E-state index is 6.20. The molecule has 0 bridgehead atoms. The number of benzene rings is 1. The van der Waals surface area contributed by atoms with Crippen molar-refractivity contribution in [1.29, 1.82) is 0 Å². The average Bonchev–Trinajstić information content (AvgIpc) is 2.54. The molecule has 1 atom stereocenters. The third-order valence-electron chi connectivity index (χ3n) is 5.38. The topological polar surface area (TPSA) is 38.5 Å². The van der Waals surface area contributed by atoms with Gasteiger partial charge in [0.2, 0.25) is 0 Å². The molecule has 3 heteroatoms. The second-order valence-electron chi connectivity index (χ2n) is 6.38. The molecule has 0 aliphatic carbocycles. The predicted molar refractivity (Wildman–Crippen MR) is 90.1 cm³/mol. The molecule has 2 rings (SSSR count). The number of ether oxygens (including phenoxy) is 1. The number of piperidine rings is 1. The molecule has 1 fully saturated rings. The molecule has 1 aliphatic rings. The Labute approximate surface area is 129 Å². The van der Waals surface area contributed by atoms with Gasteiger partial charge in [0.1, 0.15) is 5.75 Å². The van der Waals surface area contributed by atoms with Crippen molar-refractivity contribution >= 4 is 5.69 Å². The van der Waals surface area contributed by atoms with E-state index < -0.39 is 0 Å². The Morgan fingerprint density at radius 1 is 1.24 bits per heavy atom. The van der Waals surface area contributed by atoms with Crippen LogP contribution in [0.1, 0.15) is 58.1 Å². The molecular weight excluding hydrogens is 260 g/mol. The van der Waals surface area contributed by atoms with Crippen molar-refractivity contribution in [1.82, 2.24) is 0 Å². The number of hydrogen-bond donors (Lipinski definition) is 1. The summed E-state index contributed by atoms with van der Waals surface area (Å²) in [5.74, 6) is 0.908. The fourth-order valence-electron chi connectivity index (χ4n) is 3.62. The van der Waals surface area contributed by atoms with Crippen molar-refractivity contribution in [3.05, 3.63) is 23.8 Å². The van der Waals surface area contributed by atoms with E-state index in [1.807, 2.05) is 13.0 Å². The zero-order valence-electron chi connectivity index (χ0n) is 14.0. The van der Waals surface area contributed by atoms with Crippen molar-refractivity contribution in [3.63, 3.8) is 0 Å². The fourth-order valence-corrected chi connectivity index (χ4v) is 3.62. The summed E-state index contributed by atoms with van der Waals surface area (Å²) in [6.45, 7) is 8.94. The highest BCUT2D eigenvalue weighted by molar-refractivity contribution is 5.61. The Morgan fingerprint density at radius 3 is 2.33 bits per heavy atom. The van der Waals surface area contributed by atoms with Gasteiger partial charge in [-0.15, -0.1) is 0 Å². The first kappa shape index (κ1) is 16.2. The minimum absolute atomic E-state index is 0.0137. The lowest BCUT2D eigenvalue weighted by atomic mass is 9.74. The van der Waals surface area contributed by atoms with E-state index in [0.717, 1.165) is 24.4 Å². The lowest BCUT2D eigenvalue weighted by Gasteiger charge is -2.42. The largest absolute Gasteiger partial charge is 0.496 e. The summed E-state index contributed by atoms with van der Waals surface area (Å²) in [5.41, 5.74) is 9.14. The Hall–Kier alpha value is -1.22. The Bertz CT molecular complexity index is 456. The normalized spacial score (nSPS) is 19.4. The van der Waals surface area contributed by atoms with E-state index in [-0.39, 0.29) is 6.04 Å². The summed E-state index contributed by atoms with van der Waals surface area (Å²) >= 11 is 0. The third-order valence-corrected chi connectivity index (χ3v) is 5.38. The van der Waals surface area contributed by atoms with Gasteiger partial charge in [-0.25, -0.2) is 0 Å². The molecule has 3 nitrogen and oxygen atoms in total. The molecule has 0 saturated carbocycles. The SMILES string of the molecule is CCC1(CC)CCN(c2cccc(OC)c2[C@H](C)N)CC1. The molecule has 0 unspecified atom stereocenters. The quantitative estimate of drug-likeness (QED) is 0.886. The van der Waals surface area contributed by atoms with Crippen molar-refractivity contribution in [2.45, 2.75) is 52.5 Å². The van der Waals surface area contributed by atoms with Crippen LogP contribution in [-0.4, -0.2) is 20.2 Å². The van der Waals surface area contributed by atoms with Gasteiger partial charge in [-0.3, -0.25) is 0 Å². The van der Waals surface area contributed by atoms with Gasteiger partial charge in [-0.05, 0) is 37.3 Å². The molecular formula is C18H30N2O. The van der Waals surface area contributed by atoms with Gasteiger partial charge in [0.25, 0.3) is 0 Å². The molecule has 1 saturated heterocycles. The Balaban J connectivity index is 2.24. The minimum Gasteiger partial charge on any atom is -0.496 e. The average molecular weight is 290 g/mol. The molecule has 21 heavy (non-hydrogen) atoms. The van der Waals surface area contributed by atoms with E-state index in [4.69, 9.17) is 10.5 Å². The van der Waals surface area contributed by atoms with Crippen molar-refractivity contribution < 1.29 is 4.74 Å². The van der Waals surface area contributed by atoms with Crippen molar-refractivity contribution in [2.24, 2.45) is 11.1 Å². The highest BCUT2D eigenvalue weighted by atomic mass is 16.5. The van der Waals surface area contributed by atoms with E-state index in [1.54, 1.807) is 7.11 Å². The van der Waals surface area contributed by atoms with Crippen LogP contribution in [0.3, 0.4) is 0 Å². The molecule has 1 aromatic carbocycles. The summed E-state index contributed by atoms with van der Waals surface area (Å²) in [7, 11) is 1.72. The number of rotatable bonds is 5. The summed E-state index contributed by atoms with van der Waals surface area (Å²) in [5, 5.41) is 0. The molecule has 0 aromatic heterocycles. The molecule has 0 radical (unpaired) electrons. The first-order chi connectivity index (χ1) is 10.1. The Morgan fingerprint density at radius 2 is 1.86 bits per heavy atom. The van der Waals surface area contributed by atoms with Gasteiger partial charge in [0.15, 0.2) is 0 Å². The molecule has 0 spiro atoms. The van der Waals surface area contributed by atoms with Crippen LogP contribution >= 0.6 is 0 Å². The molecule has 118 valence electrons. The summed E-state index contributed by atoms with van der Waals surface area (Å²) in [6, 6.07) is 6.25. The van der Waals surface area contributed by atoms with E-state index in [9.17, 15) is 0 Å². The van der Waals surface area contributed by atoms with Gasteiger partial charge >= 0.3 is 0 Å². The molecule has 1 aromatic rings. The lowest BCUT2D eigenvalue weighted by Crippen LogP contribution is -2.40. The second-order valence-corrected chi connectivity index (χ2v) is 6.38. The van der Waals surface area contributed by atoms with Crippen LogP contribution in [0, 0.1) is 5.41 Å². The Kier molecular flexibility index (Phi) is 5.15. The van der Waals surface area contributed by atoms with Crippen LogP contribution in [0.4, 0.5) is 5.69 Å². The zero-order chi connectivity index (χ0) is 15.5. The molecule has 1 heterocycles. The van der Waals surface area contributed by atoms with E-state index in [2.05, 4.69) is 30.9 Å². The van der Waals surface area contributed by atoms with E-state index in [0.29, 0.717) is 5.41 Å². The highest BCUT2D eigenvalue weighted by Gasteiger charge is 2.32. The van der Waals surface area contributed by atoms with Gasteiger partial charge in [0.05, 0.1) is 7.11 Å². The summed E-state index contributed by atoms with van der Waals surface area (Å²) in [4.78, 5) is 2.49. The maximum atomic E-state index is 6.20. The molecule has 2 N–H and O–H groups in total.